The number of aromatic nitrogens is 3. The molecular formula is C26H28ClFN4. The van der Waals surface area contributed by atoms with E-state index in [4.69, 9.17) is 21.8 Å². The molecule has 4 saturated carbocycles. The summed E-state index contributed by atoms with van der Waals surface area (Å²) in [6.07, 6.45) is 7.00. The molecule has 4 fully saturated rings. The van der Waals surface area contributed by atoms with Gasteiger partial charge in [0, 0.05) is 28.7 Å². The number of nitrogens with one attached hydrogen (secondary N) is 1. The van der Waals surface area contributed by atoms with Crippen LogP contribution in [0.25, 0.3) is 11.3 Å². The molecule has 166 valence electrons. The van der Waals surface area contributed by atoms with E-state index in [9.17, 15) is 4.39 Å². The van der Waals surface area contributed by atoms with Gasteiger partial charge >= 0.3 is 0 Å². The van der Waals surface area contributed by atoms with Crippen molar-refractivity contribution in [1.82, 2.24) is 20.3 Å². The lowest BCUT2D eigenvalue weighted by Crippen LogP contribution is -2.54. The van der Waals surface area contributed by atoms with E-state index in [1.54, 1.807) is 16.9 Å². The SMILES string of the molecule is Fc1cccc(Cl)c1Cn1nc(CNC2C3CC4CC(C3)CC2C4)c(-c2ccccc2)n1. The van der Waals surface area contributed by atoms with Crippen molar-refractivity contribution in [3.63, 3.8) is 0 Å². The van der Waals surface area contributed by atoms with Gasteiger partial charge in [0.15, 0.2) is 0 Å². The van der Waals surface area contributed by atoms with Gasteiger partial charge in [0.25, 0.3) is 0 Å². The Kier molecular flexibility index (Phi) is 5.27. The molecule has 3 aromatic rings. The monoisotopic (exact) mass is 450 g/mol. The van der Waals surface area contributed by atoms with Gasteiger partial charge in [-0.2, -0.15) is 15.0 Å². The summed E-state index contributed by atoms with van der Waals surface area (Å²) >= 11 is 6.25. The fraction of sp³-hybridized carbons (Fsp3) is 0.462. The number of rotatable bonds is 6. The van der Waals surface area contributed by atoms with E-state index >= 15 is 0 Å². The van der Waals surface area contributed by atoms with Crippen LogP contribution in [0, 0.1) is 29.5 Å². The summed E-state index contributed by atoms with van der Waals surface area (Å²) in [5.41, 5.74) is 3.22. The third kappa shape index (κ3) is 3.75. The molecule has 4 nitrogen and oxygen atoms in total. The smallest absolute Gasteiger partial charge is 0.129 e. The first-order chi connectivity index (χ1) is 15.6. The third-order valence-electron chi connectivity index (χ3n) is 7.87. The third-order valence-corrected chi connectivity index (χ3v) is 8.22. The Hall–Kier alpha value is -2.24. The van der Waals surface area contributed by atoms with Crippen LogP contribution < -0.4 is 5.32 Å². The Morgan fingerprint density at radius 2 is 1.62 bits per heavy atom. The molecule has 6 heteroatoms. The summed E-state index contributed by atoms with van der Waals surface area (Å²) in [6.45, 7) is 0.894. The molecule has 0 saturated heterocycles. The van der Waals surface area contributed by atoms with E-state index < -0.39 is 0 Å². The summed E-state index contributed by atoms with van der Waals surface area (Å²) in [4.78, 5) is 1.58. The Morgan fingerprint density at radius 3 is 2.31 bits per heavy atom. The van der Waals surface area contributed by atoms with E-state index in [2.05, 4.69) is 17.4 Å². The normalized spacial score (nSPS) is 28.4. The zero-order chi connectivity index (χ0) is 21.7. The van der Waals surface area contributed by atoms with Gasteiger partial charge in [0.2, 0.25) is 0 Å². The zero-order valence-corrected chi connectivity index (χ0v) is 18.8. The van der Waals surface area contributed by atoms with Crippen molar-refractivity contribution in [2.45, 2.75) is 51.2 Å². The van der Waals surface area contributed by atoms with Crippen molar-refractivity contribution in [3.05, 3.63) is 70.6 Å². The summed E-state index contributed by atoms with van der Waals surface area (Å²) in [7, 11) is 0. The first-order valence-electron chi connectivity index (χ1n) is 11.8. The predicted octanol–water partition coefficient (Wildman–Crippen LogP) is 5.70. The van der Waals surface area contributed by atoms with E-state index in [0.717, 1.165) is 40.6 Å². The highest BCUT2D eigenvalue weighted by molar-refractivity contribution is 6.31. The maximum absolute atomic E-state index is 14.4. The summed E-state index contributed by atoms with van der Waals surface area (Å²) < 4.78 is 14.4. The molecule has 1 aromatic heterocycles. The average molecular weight is 451 g/mol. The highest BCUT2D eigenvalue weighted by Gasteiger charge is 2.47. The van der Waals surface area contributed by atoms with Gasteiger partial charge in [-0.1, -0.05) is 48.0 Å². The van der Waals surface area contributed by atoms with Gasteiger partial charge < -0.3 is 5.32 Å². The Labute approximate surface area is 193 Å². The lowest BCUT2D eigenvalue weighted by Gasteiger charge is -2.54. The second-order valence-corrected chi connectivity index (χ2v) is 10.3. The lowest BCUT2D eigenvalue weighted by molar-refractivity contribution is -0.0143. The van der Waals surface area contributed by atoms with Crippen LogP contribution in [-0.4, -0.2) is 21.0 Å². The number of benzene rings is 2. The highest BCUT2D eigenvalue weighted by atomic mass is 35.5. The fourth-order valence-corrected chi connectivity index (χ4v) is 6.91. The molecule has 4 aliphatic carbocycles. The lowest BCUT2D eigenvalue weighted by atomic mass is 9.54. The van der Waals surface area contributed by atoms with Gasteiger partial charge in [0.1, 0.15) is 17.2 Å². The molecule has 1 heterocycles. The summed E-state index contributed by atoms with van der Waals surface area (Å²) in [5.74, 6) is 3.20. The molecular weight excluding hydrogens is 423 g/mol. The predicted molar refractivity (Wildman–Crippen MR) is 124 cm³/mol. The quantitative estimate of drug-likeness (QED) is 0.523. The Balaban J connectivity index is 1.27. The van der Waals surface area contributed by atoms with E-state index in [0.29, 0.717) is 23.2 Å². The van der Waals surface area contributed by atoms with Crippen LogP contribution in [0.2, 0.25) is 5.02 Å². The van der Waals surface area contributed by atoms with Crippen molar-refractivity contribution < 1.29 is 4.39 Å². The van der Waals surface area contributed by atoms with Gasteiger partial charge in [-0.3, -0.25) is 0 Å². The van der Waals surface area contributed by atoms with E-state index in [-0.39, 0.29) is 12.4 Å². The molecule has 0 unspecified atom stereocenters. The van der Waals surface area contributed by atoms with Crippen molar-refractivity contribution in [3.8, 4) is 11.3 Å². The average Bonchev–Trinajstić information content (AvgIpc) is 3.19. The number of halogens is 2. The number of nitrogens with zero attached hydrogens (tertiary/aromatic N) is 3. The van der Waals surface area contributed by atoms with Crippen molar-refractivity contribution in [1.29, 1.82) is 0 Å². The first-order valence-corrected chi connectivity index (χ1v) is 12.2. The minimum Gasteiger partial charge on any atom is -0.308 e. The Bertz CT molecular complexity index is 1060. The maximum atomic E-state index is 14.4. The molecule has 0 atom stereocenters. The van der Waals surface area contributed by atoms with Crippen LogP contribution in [0.5, 0.6) is 0 Å². The molecule has 7 rings (SSSR count). The highest BCUT2D eigenvalue weighted by Crippen LogP contribution is 2.53. The van der Waals surface area contributed by atoms with Crippen LogP contribution >= 0.6 is 11.6 Å². The van der Waals surface area contributed by atoms with Gasteiger partial charge in [-0.05, 0) is 67.9 Å². The van der Waals surface area contributed by atoms with E-state index in [1.165, 1.54) is 38.2 Å². The molecule has 0 spiro atoms. The number of hydrogen-bond donors (Lipinski definition) is 1. The van der Waals surface area contributed by atoms with Gasteiger partial charge in [-0.25, -0.2) is 4.39 Å². The van der Waals surface area contributed by atoms with Crippen molar-refractivity contribution in [2.75, 3.05) is 0 Å². The minimum absolute atomic E-state index is 0.212. The molecule has 0 amide bonds. The molecule has 2 aromatic carbocycles. The first kappa shape index (κ1) is 20.4. The van der Waals surface area contributed by atoms with Crippen molar-refractivity contribution in [2.24, 2.45) is 23.7 Å². The number of hydrogen-bond acceptors (Lipinski definition) is 3. The molecule has 4 aliphatic rings. The van der Waals surface area contributed by atoms with Crippen LogP contribution in [0.3, 0.4) is 0 Å². The molecule has 0 radical (unpaired) electrons. The van der Waals surface area contributed by atoms with Crippen LogP contribution in [-0.2, 0) is 13.1 Å². The molecule has 0 aliphatic heterocycles. The Morgan fingerprint density at radius 1 is 0.906 bits per heavy atom. The zero-order valence-electron chi connectivity index (χ0n) is 18.1. The van der Waals surface area contributed by atoms with Gasteiger partial charge in [-0.15, -0.1) is 0 Å². The minimum atomic E-state index is -0.329. The summed E-state index contributed by atoms with van der Waals surface area (Å²) in [6, 6.07) is 15.5. The maximum Gasteiger partial charge on any atom is 0.129 e. The van der Waals surface area contributed by atoms with Crippen molar-refractivity contribution >= 4 is 11.6 Å². The molecule has 32 heavy (non-hydrogen) atoms. The van der Waals surface area contributed by atoms with Crippen LogP contribution in [0.1, 0.15) is 43.4 Å². The fourth-order valence-electron chi connectivity index (χ4n) is 6.69. The van der Waals surface area contributed by atoms with Gasteiger partial charge in [0.05, 0.1) is 6.54 Å². The standard InChI is InChI=1S/C26H28ClFN4/c27-22-7-4-8-23(28)21(22)15-32-30-24(26(31-32)18-5-2-1-3-6-18)14-29-25-19-10-16-9-17(12-19)13-20(25)11-16/h1-8,16-17,19-20,25,29H,9-15H2. The molecule has 1 N–H and O–H groups in total. The van der Waals surface area contributed by atoms with E-state index in [1.807, 2.05) is 18.2 Å². The second-order valence-electron chi connectivity index (χ2n) is 9.93. The second kappa shape index (κ2) is 8.27. The molecule has 4 bridgehead atoms. The largest absolute Gasteiger partial charge is 0.308 e. The van der Waals surface area contributed by atoms with Crippen LogP contribution in [0.4, 0.5) is 4.39 Å². The topological polar surface area (TPSA) is 42.7 Å². The van der Waals surface area contributed by atoms with Crippen LogP contribution in [0.15, 0.2) is 48.5 Å². The summed E-state index contributed by atoms with van der Waals surface area (Å²) in [5, 5.41) is 13.8.